The molecule has 2 aromatic rings. The van der Waals surface area contributed by atoms with Gasteiger partial charge in [-0.1, -0.05) is 50.6 Å². The van der Waals surface area contributed by atoms with E-state index in [9.17, 15) is 9.90 Å². The summed E-state index contributed by atoms with van der Waals surface area (Å²) in [5, 5.41) is 10.8. The molecule has 0 saturated heterocycles. The average molecular weight is 623 g/mol. The molecule has 4 aliphatic rings. The van der Waals surface area contributed by atoms with Crippen LogP contribution >= 0.6 is 23.5 Å². The van der Waals surface area contributed by atoms with E-state index in [1.54, 1.807) is 0 Å². The van der Waals surface area contributed by atoms with Gasteiger partial charge in [-0.05, 0) is 128 Å². The van der Waals surface area contributed by atoms with Crippen molar-refractivity contribution in [3.63, 3.8) is 0 Å². The Labute approximate surface area is 266 Å². The summed E-state index contributed by atoms with van der Waals surface area (Å²) in [6.07, 6.45) is 12.1. The minimum atomic E-state index is -0.138. The first-order chi connectivity index (χ1) is 20.8. The van der Waals surface area contributed by atoms with Crippen LogP contribution in [0.1, 0.15) is 80.8 Å². The van der Waals surface area contributed by atoms with E-state index < -0.39 is 0 Å². The monoisotopic (exact) mass is 622 g/mol. The zero-order valence-electron chi connectivity index (χ0n) is 25.9. The number of aliphatic hydroxyl groups excluding tert-OH is 1. The van der Waals surface area contributed by atoms with Crippen molar-refractivity contribution < 1.29 is 14.6 Å². The maximum Gasteiger partial charge on any atom is 0.261 e. The number of rotatable bonds is 3. The van der Waals surface area contributed by atoms with E-state index in [4.69, 9.17) is 16.3 Å². The third-order valence-electron chi connectivity index (χ3n) is 10.9. The SMILES string of the molecule is CC1C/C=C/C(CCCO)C2CC(C)C2CN2CC3(CCCc4cc(Cl)ccc43)COc3ccc(cc32)C(=O)NSC1C. The number of nitrogens with one attached hydrogen (secondary N) is 1. The summed E-state index contributed by atoms with van der Waals surface area (Å²) in [5.41, 5.74) is 4.28. The Morgan fingerprint density at radius 2 is 2.00 bits per heavy atom. The highest BCUT2D eigenvalue weighted by atomic mass is 35.5. The van der Waals surface area contributed by atoms with E-state index in [1.165, 1.54) is 29.5 Å². The number of nitrogens with zero attached hydrogens (tertiary/aromatic N) is 1. The highest BCUT2D eigenvalue weighted by Crippen LogP contribution is 2.50. The van der Waals surface area contributed by atoms with Crippen LogP contribution in [0, 0.1) is 29.6 Å². The molecule has 7 heteroatoms. The van der Waals surface area contributed by atoms with Crippen LogP contribution < -0.4 is 14.4 Å². The molecule has 2 aromatic carbocycles. The van der Waals surface area contributed by atoms with Crippen molar-refractivity contribution in [2.75, 3.05) is 31.2 Å². The number of aliphatic hydroxyl groups is 1. The second kappa shape index (κ2) is 13.1. The molecule has 2 aliphatic heterocycles. The van der Waals surface area contributed by atoms with Gasteiger partial charge in [0.15, 0.2) is 0 Å². The van der Waals surface area contributed by atoms with Gasteiger partial charge in [0, 0.05) is 40.9 Å². The van der Waals surface area contributed by atoms with Crippen molar-refractivity contribution in [2.45, 2.75) is 76.4 Å². The van der Waals surface area contributed by atoms with E-state index in [1.807, 2.05) is 18.2 Å². The summed E-state index contributed by atoms with van der Waals surface area (Å²) in [6.45, 7) is 9.51. The van der Waals surface area contributed by atoms with E-state index in [0.29, 0.717) is 41.8 Å². The molecule has 232 valence electrons. The van der Waals surface area contributed by atoms with Crippen LogP contribution in [0.3, 0.4) is 0 Å². The summed E-state index contributed by atoms with van der Waals surface area (Å²) in [5.74, 6) is 3.45. The second-order valence-electron chi connectivity index (χ2n) is 13.8. The predicted molar refractivity (Wildman–Crippen MR) is 178 cm³/mol. The molecule has 7 unspecified atom stereocenters. The maximum atomic E-state index is 13.4. The third kappa shape index (κ3) is 6.35. The van der Waals surface area contributed by atoms with Gasteiger partial charge in [0.25, 0.3) is 5.91 Å². The zero-order valence-corrected chi connectivity index (χ0v) is 27.4. The number of carbonyl (C=O) groups is 1. The van der Waals surface area contributed by atoms with E-state index in [-0.39, 0.29) is 23.2 Å². The number of allylic oxidation sites excluding steroid dienone is 2. The lowest BCUT2D eigenvalue weighted by atomic mass is 9.59. The standard InChI is InChI=1S/C36H47ClN2O3S/c1-23-7-4-8-26(10-6-16-40)30-17-24(2)31(30)20-39-21-36(15-5-9-27-18-29(37)12-13-32(27)36)22-42-34-14-11-28(19-33(34)39)35(41)38-43-25(23)3/h4,8,11-14,18-19,23-26,30-31,40H,5-7,9-10,15-17,20-22H2,1-3H3,(H,38,41)/b8-4+. The zero-order chi connectivity index (χ0) is 30.1. The molecule has 2 N–H and O–H groups in total. The Bertz CT molecular complexity index is 1350. The molecular formula is C36H47ClN2O3S. The first-order valence-corrected chi connectivity index (χ1v) is 17.6. The van der Waals surface area contributed by atoms with E-state index in [0.717, 1.165) is 68.1 Å². The Morgan fingerprint density at radius 1 is 1.14 bits per heavy atom. The largest absolute Gasteiger partial charge is 0.490 e. The van der Waals surface area contributed by atoms with Crippen molar-refractivity contribution in [3.8, 4) is 5.75 Å². The lowest BCUT2D eigenvalue weighted by Gasteiger charge is -2.50. The normalized spacial score (nSPS) is 33.3. The smallest absolute Gasteiger partial charge is 0.261 e. The minimum absolute atomic E-state index is 0.0509. The lowest BCUT2D eigenvalue weighted by Crippen LogP contribution is -2.51. The van der Waals surface area contributed by atoms with Crippen molar-refractivity contribution >= 4 is 35.1 Å². The molecule has 5 nitrogen and oxygen atoms in total. The quantitative estimate of drug-likeness (QED) is 0.270. The number of benzene rings is 2. The maximum absolute atomic E-state index is 13.4. The van der Waals surface area contributed by atoms with Crippen LogP contribution in [0.2, 0.25) is 5.02 Å². The molecule has 1 saturated carbocycles. The number of hydrogen-bond donors (Lipinski definition) is 2. The summed E-state index contributed by atoms with van der Waals surface area (Å²) in [6, 6.07) is 12.4. The molecule has 2 aliphatic carbocycles. The Morgan fingerprint density at radius 3 is 2.81 bits per heavy atom. The van der Waals surface area contributed by atoms with Crippen molar-refractivity contribution in [3.05, 3.63) is 70.3 Å². The highest BCUT2D eigenvalue weighted by Gasteiger charge is 2.46. The fourth-order valence-corrected chi connectivity index (χ4v) is 9.03. The predicted octanol–water partition coefficient (Wildman–Crippen LogP) is 7.84. The second-order valence-corrected chi connectivity index (χ2v) is 15.4. The van der Waals surface area contributed by atoms with Crippen molar-refractivity contribution in [2.24, 2.45) is 29.6 Å². The number of ether oxygens (including phenoxy) is 1. The lowest BCUT2D eigenvalue weighted by molar-refractivity contribution is 0.0493. The third-order valence-corrected chi connectivity index (χ3v) is 12.3. The molecule has 43 heavy (non-hydrogen) atoms. The van der Waals surface area contributed by atoms with Gasteiger partial charge >= 0.3 is 0 Å². The summed E-state index contributed by atoms with van der Waals surface area (Å²) >= 11 is 7.98. The summed E-state index contributed by atoms with van der Waals surface area (Å²) in [4.78, 5) is 16.0. The molecule has 1 fully saturated rings. The van der Waals surface area contributed by atoms with Gasteiger partial charge in [0.05, 0.1) is 12.3 Å². The average Bonchev–Trinajstić information content (AvgIpc) is 3.15. The van der Waals surface area contributed by atoms with Gasteiger partial charge in [0.1, 0.15) is 5.75 Å². The number of carbonyl (C=O) groups excluding carboxylic acids is 1. The van der Waals surface area contributed by atoms with Crippen molar-refractivity contribution in [1.82, 2.24) is 4.72 Å². The number of aryl methyl sites for hydroxylation is 1. The van der Waals surface area contributed by atoms with Crippen LogP contribution in [0.5, 0.6) is 5.75 Å². The first kappa shape index (κ1) is 30.9. The summed E-state index contributed by atoms with van der Waals surface area (Å²) in [7, 11) is 0. The van der Waals surface area contributed by atoms with Gasteiger partial charge in [-0.2, -0.15) is 0 Å². The van der Waals surface area contributed by atoms with Crippen LogP contribution in [0.15, 0.2) is 48.6 Å². The van der Waals surface area contributed by atoms with Crippen LogP contribution in [0.25, 0.3) is 0 Å². The fourth-order valence-electron chi connectivity index (χ4n) is 8.08. The minimum Gasteiger partial charge on any atom is -0.490 e. The fraction of sp³-hybridized carbons (Fsp3) is 0.583. The van der Waals surface area contributed by atoms with Gasteiger partial charge in [-0.25, -0.2) is 0 Å². The number of anilines is 1. The van der Waals surface area contributed by atoms with Crippen LogP contribution in [-0.2, 0) is 11.8 Å². The Hall–Kier alpha value is -2.15. The van der Waals surface area contributed by atoms with E-state index >= 15 is 0 Å². The Kier molecular flexibility index (Phi) is 9.38. The first-order valence-electron chi connectivity index (χ1n) is 16.3. The number of fused-ring (bicyclic) bond motifs is 4. The number of halogens is 1. The van der Waals surface area contributed by atoms with Gasteiger partial charge < -0.3 is 14.7 Å². The van der Waals surface area contributed by atoms with Gasteiger partial charge in [-0.15, -0.1) is 0 Å². The van der Waals surface area contributed by atoms with Crippen LogP contribution in [-0.4, -0.2) is 42.6 Å². The van der Waals surface area contributed by atoms with Crippen molar-refractivity contribution in [1.29, 1.82) is 0 Å². The number of amides is 1. The molecule has 7 atom stereocenters. The highest BCUT2D eigenvalue weighted by molar-refractivity contribution is 7.98. The molecule has 0 radical (unpaired) electrons. The molecule has 6 rings (SSSR count). The van der Waals surface area contributed by atoms with Crippen LogP contribution in [0.4, 0.5) is 5.69 Å². The Balaban J connectivity index is 1.41. The van der Waals surface area contributed by atoms with Gasteiger partial charge in [0.2, 0.25) is 0 Å². The molecule has 0 aromatic heterocycles. The van der Waals surface area contributed by atoms with E-state index in [2.05, 4.69) is 60.7 Å². The molecule has 2 bridgehead atoms. The number of hydrogen-bond acceptors (Lipinski definition) is 5. The summed E-state index contributed by atoms with van der Waals surface area (Å²) < 4.78 is 9.83. The van der Waals surface area contributed by atoms with Gasteiger partial charge in [-0.3, -0.25) is 9.52 Å². The molecular weight excluding hydrogens is 576 g/mol. The molecule has 1 spiro atoms. The molecule has 1 amide bonds. The topological polar surface area (TPSA) is 61.8 Å². The molecule has 2 heterocycles.